The predicted molar refractivity (Wildman–Crippen MR) is 82.6 cm³/mol. The van der Waals surface area contributed by atoms with Crippen molar-refractivity contribution in [2.45, 2.75) is 19.2 Å². The molecule has 2 nitrogen and oxygen atoms in total. The van der Waals surface area contributed by atoms with Gasteiger partial charge in [-0.15, -0.1) is 11.6 Å². The van der Waals surface area contributed by atoms with E-state index in [1.54, 1.807) is 0 Å². The average Bonchev–Trinajstić information content (AvgIpc) is 2.40. The van der Waals surface area contributed by atoms with Crippen LogP contribution in [0.25, 0.3) is 0 Å². The summed E-state index contributed by atoms with van der Waals surface area (Å²) in [6, 6.07) is 6.48. The van der Waals surface area contributed by atoms with Crippen molar-refractivity contribution in [2.75, 3.05) is 37.6 Å². The lowest BCUT2D eigenvalue weighted by molar-refractivity contribution is 0.258. The Bertz CT molecular complexity index is 389. The molecule has 0 radical (unpaired) electrons. The lowest BCUT2D eigenvalue weighted by Gasteiger charge is -2.36. The maximum atomic E-state index is 5.87. The van der Waals surface area contributed by atoms with Crippen molar-refractivity contribution in [3.8, 4) is 0 Å². The van der Waals surface area contributed by atoms with E-state index >= 15 is 0 Å². The van der Waals surface area contributed by atoms with E-state index in [9.17, 15) is 0 Å². The molecule has 1 aromatic rings. The highest BCUT2D eigenvalue weighted by molar-refractivity contribution is 9.10. The van der Waals surface area contributed by atoms with Crippen molar-refractivity contribution >= 4 is 33.2 Å². The average molecular weight is 332 g/mol. The topological polar surface area (TPSA) is 6.48 Å². The summed E-state index contributed by atoms with van der Waals surface area (Å²) < 4.78 is 1.12. The number of nitrogens with zero attached hydrogens (tertiary/aromatic N) is 2. The zero-order valence-electron chi connectivity index (χ0n) is 10.8. The molecule has 0 aromatic heterocycles. The highest BCUT2D eigenvalue weighted by Crippen LogP contribution is 2.26. The fourth-order valence-corrected chi connectivity index (χ4v) is 3.29. The minimum Gasteiger partial charge on any atom is -0.369 e. The Morgan fingerprint density at radius 1 is 1.22 bits per heavy atom. The van der Waals surface area contributed by atoms with Gasteiger partial charge in [0.25, 0.3) is 0 Å². The van der Waals surface area contributed by atoms with Crippen LogP contribution in [0.3, 0.4) is 0 Å². The van der Waals surface area contributed by atoms with E-state index in [0.29, 0.717) is 5.88 Å². The van der Waals surface area contributed by atoms with Crippen LogP contribution < -0.4 is 4.90 Å². The number of benzene rings is 1. The van der Waals surface area contributed by atoms with Gasteiger partial charge < -0.3 is 4.90 Å². The molecule has 2 rings (SSSR count). The standard InChI is InChI=1S/C14H20BrClN2/c1-2-5-17-6-8-18(9-7-17)13-4-3-12(11-16)14(15)10-13/h3-4,10H,2,5-9,11H2,1H3. The van der Waals surface area contributed by atoms with Gasteiger partial charge in [-0.25, -0.2) is 0 Å². The van der Waals surface area contributed by atoms with Crippen molar-refractivity contribution < 1.29 is 0 Å². The predicted octanol–water partition coefficient (Wildman–Crippen LogP) is 3.72. The third-order valence-corrected chi connectivity index (χ3v) is 4.48. The molecule has 1 saturated heterocycles. The van der Waals surface area contributed by atoms with Gasteiger partial charge in [0.05, 0.1) is 0 Å². The molecule has 1 aliphatic heterocycles. The fourth-order valence-electron chi connectivity index (χ4n) is 2.39. The summed E-state index contributed by atoms with van der Waals surface area (Å²) in [7, 11) is 0. The van der Waals surface area contributed by atoms with Crippen LogP contribution in [0.1, 0.15) is 18.9 Å². The molecule has 0 amide bonds. The van der Waals surface area contributed by atoms with Crippen molar-refractivity contribution in [1.29, 1.82) is 0 Å². The summed E-state index contributed by atoms with van der Waals surface area (Å²) in [4.78, 5) is 4.99. The normalized spacial score (nSPS) is 17.2. The molecule has 0 unspecified atom stereocenters. The maximum Gasteiger partial charge on any atom is 0.0485 e. The number of hydrogen-bond donors (Lipinski definition) is 0. The molecule has 0 spiro atoms. The third kappa shape index (κ3) is 3.40. The summed E-state index contributed by atoms with van der Waals surface area (Å²) in [5.41, 5.74) is 2.46. The van der Waals surface area contributed by atoms with Gasteiger partial charge >= 0.3 is 0 Å². The summed E-state index contributed by atoms with van der Waals surface area (Å²) in [6.07, 6.45) is 1.25. The molecule has 4 heteroatoms. The first-order chi connectivity index (χ1) is 8.74. The fraction of sp³-hybridized carbons (Fsp3) is 0.571. The van der Waals surface area contributed by atoms with Gasteiger partial charge in [-0.3, -0.25) is 4.90 Å². The minimum absolute atomic E-state index is 0.561. The first kappa shape index (κ1) is 14.2. The molecule has 1 aromatic carbocycles. The molecule has 0 N–H and O–H groups in total. The van der Waals surface area contributed by atoms with Crippen LogP contribution in [0.5, 0.6) is 0 Å². The van der Waals surface area contributed by atoms with Crippen molar-refractivity contribution in [1.82, 2.24) is 4.90 Å². The van der Waals surface area contributed by atoms with Gasteiger partial charge in [0.15, 0.2) is 0 Å². The second-order valence-corrected chi connectivity index (χ2v) is 5.86. The number of anilines is 1. The molecule has 0 saturated carbocycles. The molecule has 1 fully saturated rings. The summed E-state index contributed by atoms with van der Waals surface area (Å²) in [5, 5.41) is 0. The molecule has 100 valence electrons. The highest BCUT2D eigenvalue weighted by Gasteiger charge is 2.16. The van der Waals surface area contributed by atoms with Crippen LogP contribution in [-0.4, -0.2) is 37.6 Å². The van der Waals surface area contributed by atoms with E-state index in [2.05, 4.69) is 50.9 Å². The first-order valence-electron chi connectivity index (χ1n) is 6.56. The number of halogens is 2. The molecular weight excluding hydrogens is 312 g/mol. The van der Waals surface area contributed by atoms with E-state index in [1.165, 1.54) is 31.7 Å². The van der Waals surface area contributed by atoms with E-state index in [4.69, 9.17) is 11.6 Å². The van der Waals surface area contributed by atoms with E-state index < -0.39 is 0 Å². The molecule has 1 heterocycles. The van der Waals surface area contributed by atoms with Crippen LogP contribution in [0, 0.1) is 0 Å². The van der Waals surface area contributed by atoms with Gasteiger partial charge in [0.1, 0.15) is 0 Å². The number of alkyl halides is 1. The summed E-state index contributed by atoms with van der Waals surface area (Å²) in [5.74, 6) is 0.561. The Morgan fingerprint density at radius 3 is 2.50 bits per heavy atom. The minimum atomic E-state index is 0.561. The molecule has 0 bridgehead atoms. The largest absolute Gasteiger partial charge is 0.369 e. The zero-order valence-corrected chi connectivity index (χ0v) is 13.2. The lowest BCUT2D eigenvalue weighted by atomic mass is 10.2. The maximum absolute atomic E-state index is 5.87. The van der Waals surface area contributed by atoms with Gasteiger partial charge in [0.2, 0.25) is 0 Å². The van der Waals surface area contributed by atoms with E-state index in [-0.39, 0.29) is 0 Å². The molecular formula is C14H20BrClN2. The Kier molecular flexibility index (Phi) is 5.34. The highest BCUT2D eigenvalue weighted by atomic mass is 79.9. The second-order valence-electron chi connectivity index (χ2n) is 4.74. The van der Waals surface area contributed by atoms with Gasteiger partial charge in [-0.05, 0) is 30.7 Å². The van der Waals surface area contributed by atoms with Gasteiger partial charge in [0, 0.05) is 42.2 Å². The molecule has 0 aliphatic carbocycles. The monoisotopic (exact) mass is 330 g/mol. The Labute approximate surface area is 123 Å². The smallest absolute Gasteiger partial charge is 0.0485 e. The summed E-state index contributed by atoms with van der Waals surface area (Å²) in [6.45, 7) is 8.04. The van der Waals surface area contributed by atoms with E-state index in [1.807, 2.05) is 0 Å². The Hall–Kier alpha value is -0.250. The SMILES string of the molecule is CCCN1CCN(c2ccc(CCl)c(Br)c2)CC1. The lowest BCUT2D eigenvalue weighted by Crippen LogP contribution is -2.46. The van der Waals surface area contributed by atoms with Crippen LogP contribution in [0.15, 0.2) is 22.7 Å². The van der Waals surface area contributed by atoms with Crippen LogP contribution in [-0.2, 0) is 5.88 Å². The summed E-state index contributed by atoms with van der Waals surface area (Å²) >= 11 is 9.46. The third-order valence-electron chi connectivity index (χ3n) is 3.46. The van der Waals surface area contributed by atoms with Crippen LogP contribution in [0.4, 0.5) is 5.69 Å². The number of piperazine rings is 1. The zero-order chi connectivity index (χ0) is 13.0. The van der Waals surface area contributed by atoms with Crippen LogP contribution in [0.2, 0.25) is 0 Å². The quantitative estimate of drug-likeness (QED) is 0.776. The van der Waals surface area contributed by atoms with Crippen LogP contribution >= 0.6 is 27.5 Å². The van der Waals surface area contributed by atoms with Crippen molar-refractivity contribution in [2.24, 2.45) is 0 Å². The van der Waals surface area contributed by atoms with Crippen molar-refractivity contribution in [3.05, 3.63) is 28.2 Å². The van der Waals surface area contributed by atoms with Gasteiger partial charge in [-0.2, -0.15) is 0 Å². The number of rotatable bonds is 4. The Morgan fingerprint density at radius 2 is 1.94 bits per heavy atom. The molecule has 18 heavy (non-hydrogen) atoms. The second kappa shape index (κ2) is 6.78. The van der Waals surface area contributed by atoms with E-state index in [0.717, 1.165) is 23.1 Å². The van der Waals surface area contributed by atoms with Gasteiger partial charge in [-0.1, -0.05) is 28.9 Å². The van der Waals surface area contributed by atoms with Crippen molar-refractivity contribution in [3.63, 3.8) is 0 Å². The molecule has 0 atom stereocenters. The molecule has 1 aliphatic rings. The first-order valence-corrected chi connectivity index (χ1v) is 7.89. The number of hydrogen-bond acceptors (Lipinski definition) is 2. The Balaban J connectivity index is 1.99.